The Morgan fingerprint density at radius 2 is 2.30 bits per heavy atom. The van der Waals surface area contributed by atoms with E-state index in [0.717, 1.165) is 6.42 Å². The lowest BCUT2D eigenvalue weighted by Gasteiger charge is -2.07. The van der Waals surface area contributed by atoms with E-state index in [1.54, 1.807) is 10.6 Å². The number of carbonyl (C=O) groups is 1. The molecule has 1 amide bonds. The molecule has 0 saturated heterocycles. The highest BCUT2D eigenvalue weighted by atomic mass is 79.9. The number of hydrogen-bond acceptors (Lipinski definition) is 3. The summed E-state index contributed by atoms with van der Waals surface area (Å²) in [5, 5.41) is 2.80. The van der Waals surface area contributed by atoms with Crippen molar-refractivity contribution in [2.75, 3.05) is 12.3 Å². The lowest BCUT2D eigenvalue weighted by molar-refractivity contribution is -0.121. The van der Waals surface area contributed by atoms with Crippen LogP contribution in [0.1, 0.15) is 19.8 Å². The van der Waals surface area contributed by atoms with E-state index in [1.807, 2.05) is 6.92 Å². The molecule has 1 heterocycles. The normalized spacial score (nSPS) is 10.9. The van der Waals surface area contributed by atoms with Crippen molar-refractivity contribution in [2.45, 2.75) is 26.3 Å². The van der Waals surface area contributed by atoms with Gasteiger partial charge in [0.2, 0.25) is 11.9 Å². The summed E-state index contributed by atoms with van der Waals surface area (Å²) >= 11 is 3.14. The Balaban J connectivity index is 2.19. The van der Waals surface area contributed by atoms with Crippen LogP contribution < -0.4 is 11.1 Å². The van der Waals surface area contributed by atoms with Gasteiger partial charge in [-0.15, -0.1) is 0 Å². The van der Waals surface area contributed by atoms with Crippen molar-refractivity contribution in [1.29, 1.82) is 0 Å². The van der Waals surface area contributed by atoms with Crippen LogP contribution in [0.15, 0.2) is 16.6 Å². The number of benzene rings is 1. The van der Waals surface area contributed by atoms with Crippen LogP contribution in [0.4, 0.5) is 10.3 Å². The molecule has 20 heavy (non-hydrogen) atoms. The van der Waals surface area contributed by atoms with E-state index < -0.39 is 0 Å². The number of fused-ring (bicyclic) bond motifs is 1. The van der Waals surface area contributed by atoms with Crippen LogP contribution in [-0.4, -0.2) is 22.0 Å². The highest BCUT2D eigenvalue weighted by Gasteiger charge is 2.12. The molecule has 108 valence electrons. The second kappa shape index (κ2) is 6.21. The largest absolute Gasteiger partial charge is 0.369 e. The lowest BCUT2D eigenvalue weighted by Crippen LogP contribution is -2.25. The molecule has 2 aromatic rings. The zero-order valence-corrected chi connectivity index (χ0v) is 12.7. The second-order valence-electron chi connectivity index (χ2n) is 4.48. The Morgan fingerprint density at radius 1 is 1.55 bits per heavy atom. The standard InChI is InChI=1S/C13H16BrFN4O/c1-2-4-17-12(20)3-5-19-11-6-8(14)9(15)7-10(11)18-13(19)16/h6-7H,2-5H2,1H3,(H2,16,18)(H,17,20). The van der Waals surface area contributed by atoms with Gasteiger partial charge in [0.1, 0.15) is 5.82 Å². The van der Waals surface area contributed by atoms with Gasteiger partial charge in [0, 0.05) is 25.6 Å². The highest BCUT2D eigenvalue weighted by Crippen LogP contribution is 2.25. The van der Waals surface area contributed by atoms with Crippen molar-refractivity contribution in [3.63, 3.8) is 0 Å². The number of nitrogens with zero attached hydrogens (tertiary/aromatic N) is 2. The molecule has 0 bridgehead atoms. The molecule has 0 fully saturated rings. The molecular weight excluding hydrogens is 327 g/mol. The predicted molar refractivity (Wildman–Crippen MR) is 79.7 cm³/mol. The lowest BCUT2D eigenvalue weighted by atomic mass is 10.3. The third-order valence-corrected chi connectivity index (χ3v) is 3.56. The molecule has 0 unspecified atom stereocenters. The molecule has 0 spiro atoms. The minimum atomic E-state index is -0.386. The monoisotopic (exact) mass is 342 g/mol. The van der Waals surface area contributed by atoms with Gasteiger partial charge in [-0.1, -0.05) is 6.92 Å². The van der Waals surface area contributed by atoms with Crippen molar-refractivity contribution < 1.29 is 9.18 Å². The number of anilines is 1. The topological polar surface area (TPSA) is 72.9 Å². The maximum absolute atomic E-state index is 13.4. The van der Waals surface area contributed by atoms with Crippen LogP contribution in [0.3, 0.4) is 0 Å². The highest BCUT2D eigenvalue weighted by molar-refractivity contribution is 9.10. The van der Waals surface area contributed by atoms with Crippen LogP contribution in [0, 0.1) is 5.82 Å². The van der Waals surface area contributed by atoms with Gasteiger partial charge in [-0.3, -0.25) is 4.79 Å². The third kappa shape index (κ3) is 3.09. The summed E-state index contributed by atoms with van der Waals surface area (Å²) in [5.74, 6) is -0.141. The van der Waals surface area contributed by atoms with E-state index in [1.165, 1.54) is 6.07 Å². The van der Waals surface area contributed by atoms with Gasteiger partial charge in [-0.2, -0.15) is 0 Å². The number of halogens is 2. The maximum Gasteiger partial charge on any atom is 0.221 e. The van der Waals surface area contributed by atoms with Crippen molar-refractivity contribution in [3.8, 4) is 0 Å². The molecular formula is C13H16BrFN4O. The van der Waals surface area contributed by atoms with E-state index in [9.17, 15) is 9.18 Å². The zero-order chi connectivity index (χ0) is 14.7. The molecule has 1 aromatic carbocycles. The molecule has 0 aliphatic carbocycles. The quantitative estimate of drug-likeness (QED) is 0.876. The summed E-state index contributed by atoms with van der Waals surface area (Å²) in [5.41, 5.74) is 7.01. The maximum atomic E-state index is 13.4. The number of carbonyl (C=O) groups excluding carboxylic acids is 1. The summed E-state index contributed by atoms with van der Waals surface area (Å²) < 4.78 is 15.5. The minimum Gasteiger partial charge on any atom is -0.369 e. The fourth-order valence-corrected chi connectivity index (χ4v) is 2.27. The van der Waals surface area contributed by atoms with Gasteiger partial charge >= 0.3 is 0 Å². The van der Waals surface area contributed by atoms with Gasteiger partial charge < -0.3 is 15.6 Å². The third-order valence-electron chi connectivity index (χ3n) is 2.95. The summed E-state index contributed by atoms with van der Waals surface area (Å²) in [6, 6.07) is 2.95. The van der Waals surface area contributed by atoms with Crippen LogP contribution in [0.25, 0.3) is 11.0 Å². The Hall–Kier alpha value is -1.63. The average molecular weight is 343 g/mol. The number of nitrogens with two attached hydrogens (primary N) is 1. The van der Waals surface area contributed by atoms with E-state index in [0.29, 0.717) is 35.0 Å². The number of amides is 1. The second-order valence-corrected chi connectivity index (χ2v) is 5.33. The van der Waals surface area contributed by atoms with Gasteiger partial charge in [0.05, 0.1) is 15.5 Å². The van der Waals surface area contributed by atoms with Crippen molar-refractivity contribution in [1.82, 2.24) is 14.9 Å². The Kier molecular flexibility index (Phi) is 4.59. The first-order chi connectivity index (χ1) is 9.52. The minimum absolute atomic E-state index is 0.0331. The summed E-state index contributed by atoms with van der Waals surface area (Å²) in [6.07, 6.45) is 1.21. The molecule has 0 radical (unpaired) electrons. The van der Waals surface area contributed by atoms with E-state index in [4.69, 9.17) is 5.73 Å². The van der Waals surface area contributed by atoms with Crippen LogP contribution in [0.2, 0.25) is 0 Å². The molecule has 7 heteroatoms. The zero-order valence-electron chi connectivity index (χ0n) is 11.1. The smallest absolute Gasteiger partial charge is 0.221 e. The average Bonchev–Trinajstić information content (AvgIpc) is 2.70. The van der Waals surface area contributed by atoms with E-state index >= 15 is 0 Å². The Bertz CT molecular complexity index is 641. The number of rotatable bonds is 5. The molecule has 2 rings (SSSR count). The number of nitrogen functional groups attached to an aromatic ring is 1. The SMILES string of the molecule is CCCNC(=O)CCn1c(N)nc2cc(F)c(Br)cc21. The van der Waals surface area contributed by atoms with Crippen molar-refractivity contribution in [2.24, 2.45) is 0 Å². The van der Waals surface area contributed by atoms with Crippen LogP contribution in [0.5, 0.6) is 0 Å². The molecule has 1 aromatic heterocycles. The van der Waals surface area contributed by atoms with Gasteiger partial charge in [0.15, 0.2) is 0 Å². The molecule has 0 saturated carbocycles. The van der Waals surface area contributed by atoms with Gasteiger partial charge in [-0.05, 0) is 28.4 Å². The van der Waals surface area contributed by atoms with Crippen molar-refractivity contribution in [3.05, 3.63) is 22.4 Å². The number of imidazole rings is 1. The summed E-state index contributed by atoms with van der Waals surface area (Å²) in [6.45, 7) is 3.07. The summed E-state index contributed by atoms with van der Waals surface area (Å²) in [4.78, 5) is 15.7. The number of aryl methyl sites for hydroxylation is 1. The molecule has 5 nitrogen and oxygen atoms in total. The van der Waals surface area contributed by atoms with Gasteiger partial charge in [0.25, 0.3) is 0 Å². The number of hydrogen-bond donors (Lipinski definition) is 2. The molecule has 0 aliphatic heterocycles. The number of aromatic nitrogens is 2. The fraction of sp³-hybridized carbons (Fsp3) is 0.385. The first kappa shape index (κ1) is 14.8. The first-order valence-electron chi connectivity index (χ1n) is 6.40. The van der Waals surface area contributed by atoms with E-state index in [2.05, 4.69) is 26.2 Å². The molecule has 0 aliphatic rings. The van der Waals surface area contributed by atoms with Crippen LogP contribution >= 0.6 is 15.9 Å². The number of nitrogens with one attached hydrogen (secondary N) is 1. The van der Waals surface area contributed by atoms with Gasteiger partial charge in [-0.25, -0.2) is 9.37 Å². The fourth-order valence-electron chi connectivity index (χ4n) is 1.94. The predicted octanol–water partition coefficient (Wildman–Crippen LogP) is 2.44. The molecule has 3 N–H and O–H groups in total. The first-order valence-corrected chi connectivity index (χ1v) is 7.19. The van der Waals surface area contributed by atoms with Crippen molar-refractivity contribution >= 4 is 38.8 Å². The molecule has 0 atom stereocenters. The summed E-state index contributed by atoms with van der Waals surface area (Å²) in [7, 11) is 0. The van der Waals surface area contributed by atoms with E-state index in [-0.39, 0.29) is 17.7 Å². The van der Waals surface area contributed by atoms with Crippen LogP contribution in [-0.2, 0) is 11.3 Å². The Morgan fingerprint density at radius 3 is 3.00 bits per heavy atom. The Labute approximate surface area is 124 Å².